The number of hydrogen-bond donors (Lipinski definition) is 0. The van der Waals surface area contributed by atoms with Crippen LogP contribution in [0.4, 0.5) is 4.39 Å². The first-order chi connectivity index (χ1) is 13.8. The van der Waals surface area contributed by atoms with Crippen LogP contribution < -0.4 is 10.6 Å². The average Bonchev–Trinajstić information content (AvgIpc) is 3.29. The standard InChI is InChI=1S/C23H22FNO2S/c24-17-7-9-20-19(14-17)22-21(27-20)5-3-4-16-6-8-18(28-23(16)22)15-26-13-12-25-10-1-2-11-25/h3-9,14H,1-2,10-13,15H2. The molecule has 3 aliphatic rings. The van der Waals surface area contributed by atoms with Crippen molar-refractivity contribution < 1.29 is 13.5 Å². The van der Waals surface area contributed by atoms with Crippen molar-refractivity contribution in [3.63, 3.8) is 0 Å². The van der Waals surface area contributed by atoms with Gasteiger partial charge in [0.1, 0.15) is 16.8 Å². The Labute approximate surface area is 167 Å². The van der Waals surface area contributed by atoms with Crippen LogP contribution in [0.3, 0.4) is 0 Å². The maximum atomic E-state index is 13.9. The third-order valence-corrected chi connectivity index (χ3v) is 6.53. The lowest BCUT2D eigenvalue weighted by atomic mass is 10.1. The first-order valence-electron chi connectivity index (χ1n) is 9.78. The Balaban J connectivity index is 1.41. The van der Waals surface area contributed by atoms with E-state index in [2.05, 4.69) is 23.1 Å². The Bertz CT molecular complexity index is 1120. The van der Waals surface area contributed by atoms with Crippen molar-refractivity contribution in [1.82, 2.24) is 4.90 Å². The Kier molecular flexibility index (Phi) is 4.97. The molecule has 1 aromatic carbocycles. The van der Waals surface area contributed by atoms with Gasteiger partial charge in [0, 0.05) is 27.0 Å². The number of benzene rings is 1. The van der Waals surface area contributed by atoms with Gasteiger partial charge in [-0.15, -0.1) is 0 Å². The van der Waals surface area contributed by atoms with Crippen LogP contribution in [0.5, 0.6) is 0 Å². The molecule has 144 valence electrons. The molecule has 0 spiro atoms. The van der Waals surface area contributed by atoms with Crippen molar-refractivity contribution in [3.05, 3.63) is 69.4 Å². The average molecular weight is 395 g/mol. The number of ether oxygens (including phenoxy) is 1. The lowest BCUT2D eigenvalue weighted by Gasteiger charge is -2.17. The summed E-state index contributed by atoms with van der Waals surface area (Å²) in [5.41, 5.74) is 2.61. The number of allylic oxidation sites excluding steroid dienone is 4. The first kappa shape index (κ1) is 18.0. The van der Waals surface area contributed by atoms with E-state index in [1.807, 2.05) is 12.2 Å². The molecule has 0 unspecified atom stereocenters. The minimum atomic E-state index is -0.249. The van der Waals surface area contributed by atoms with Gasteiger partial charge in [-0.25, -0.2) is 4.39 Å². The fourth-order valence-corrected chi connectivity index (χ4v) is 5.05. The van der Waals surface area contributed by atoms with Crippen molar-refractivity contribution in [3.8, 4) is 0 Å². The molecule has 2 aliphatic heterocycles. The number of likely N-dealkylation sites (tertiary alicyclic amines) is 1. The number of fused-ring (bicyclic) bond motifs is 4. The topological polar surface area (TPSA) is 25.6 Å². The highest BCUT2D eigenvalue weighted by Crippen LogP contribution is 2.37. The van der Waals surface area contributed by atoms with Crippen LogP contribution in [0.1, 0.15) is 12.8 Å². The molecule has 5 rings (SSSR count). The molecular weight excluding hydrogens is 373 g/mol. The highest BCUT2D eigenvalue weighted by Gasteiger charge is 2.18. The molecule has 1 fully saturated rings. The van der Waals surface area contributed by atoms with E-state index in [0.717, 1.165) is 44.6 Å². The summed E-state index contributed by atoms with van der Waals surface area (Å²) in [5.74, 6) is -0.249. The summed E-state index contributed by atoms with van der Waals surface area (Å²) < 4.78 is 25.8. The van der Waals surface area contributed by atoms with Gasteiger partial charge in [-0.05, 0) is 61.9 Å². The predicted molar refractivity (Wildman–Crippen MR) is 113 cm³/mol. The van der Waals surface area contributed by atoms with Gasteiger partial charge in [-0.3, -0.25) is 0 Å². The Hall–Kier alpha value is -2.08. The molecule has 0 bridgehead atoms. The van der Waals surface area contributed by atoms with Crippen LogP contribution in [0.2, 0.25) is 0 Å². The lowest BCUT2D eigenvalue weighted by Crippen LogP contribution is -2.24. The van der Waals surface area contributed by atoms with E-state index in [1.165, 1.54) is 32.0 Å². The smallest absolute Gasteiger partial charge is 0.136 e. The van der Waals surface area contributed by atoms with Gasteiger partial charge in [0.25, 0.3) is 0 Å². The maximum absolute atomic E-state index is 13.9. The van der Waals surface area contributed by atoms with Crippen molar-refractivity contribution in [2.45, 2.75) is 12.8 Å². The van der Waals surface area contributed by atoms with Crippen LogP contribution in [-0.2, 0) is 4.74 Å². The van der Waals surface area contributed by atoms with Gasteiger partial charge >= 0.3 is 0 Å². The van der Waals surface area contributed by atoms with Gasteiger partial charge in [0.2, 0.25) is 0 Å². The lowest BCUT2D eigenvalue weighted by molar-refractivity contribution is 0.132. The quantitative estimate of drug-likeness (QED) is 0.721. The van der Waals surface area contributed by atoms with E-state index in [4.69, 9.17) is 9.15 Å². The minimum absolute atomic E-state index is 0.249. The molecule has 2 aromatic rings. The molecule has 28 heavy (non-hydrogen) atoms. The summed E-state index contributed by atoms with van der Waals surface area (Å²) in [7, 11) is 0. The molecule has 0 N–H and O–H groups in total. The zero-order valence-corrected chi connectivity index (χ0v) is 16.4. The van der Waals surface area contributed by atoms with E-state index in [1.54, 1.807) is 23.9 Å². The molecule has 0 saturated carbocycles. The fourth-order valence-electron chi connectivity index (χ4n) is 3.94. The van der Waals surface area contributed by atoms with E-state index < -0.39 is 0 Å². The monoisotopic (exact) mass is 395 g/mol. The van der Waals surface area contributed by atoms with Crippen LogP contribution in [-0.4, -0.2) is 37.7 Å². The van der Waals surface area contributed by atoms with Gasteiger partial charge < -0.3 is 14.1 Å². The molecule has 0 atom stereocenters. The first-order valence-corrected chi connectivity index (χ1v) is 10.6. The van der Waals surface area contributed by atoms with Crippen molar-refractivity contribution in [1.29, 1.82) is 0 Å². The summed E-state index contributed by atoms with van der Waals surface area (Å²) in [5, 5.41) is 1.79. The molecule has 0 radical (unpaired) electrons. The summed E-state index contributed by atoms with van der Waals surface area (Å²) in [6.45, 7) is 4.74. The number of halogens is 1. The summed E-state index contributed by atoms with van der Waals surface area (Å²) >= 11 is 1.70. The van der Waals surface area contributed by atoms with Gasteiger partial charge in [-0.1, -0.05) is 30.0 Å². The van der Waals surface area contributed by atoms with Gasteiger partial charge in [0.15, 0.2) is 0 Å². The SMILES string of the molecule is Fc1ccc2oc3c(c2c1)=C1SC(COCCN2CCCC2)=CC=C1C=CC=3. The summed E-state index contributed by atoms with van der Waals surface area (Å²) in [4.78, 5) is 4.72. The van der Waals surface area contributed by atoms with Crippen molar-refractivity contribution >= 4 is 33.7 Å². The largest absolute Gasteiger partial charge is 0.456 e. The molecule has 3 nitrogen and oxygen atoms in total. The second-order valence-electron chi connectivity index (χ2n) is 7.30. The molecule has 1 saturated heterocycles. The number of thioether (sulfide) groups is 1. The number of nitrogens with zero attached hydrogens (tertiary/aromatic N) is 1. The number of hydrogen-bond acceptors (Lipinski definition) is 4. The third kappa shape index (κ3) is 3.50. The third-order valence-electron chi connectivity index (χ3n) is 5.37. The second kappa shape index (κ2) is 7.74. The van der Waals surface area contributed by atoms with E-state index in [9.17, 15) is 4.39 Å². The van der Waals surface area contributed by atoms with Crippen molar-refractivity contribution in [2.75, 3.05) is 32.8 Å². The van der Waals surface area contributed by atoms with E-state index in [0.29, 0.717) is 12.2 Å². The highest BCUT2D eigenvalue weighted by atomic mass is 32.2. The number of rotatable bonds is 5. The number of furan rings is 1. The van der Waals surface area contributed by atoms with Gasteiger partial charge in [0.05, 0.1) is 13.2 Å². The summed E-state index contributed by atoms with van der Waals surface area (Å²) in [6, 6.07) is 4.70. The molecule has 1 aromatic heterocycles. The molecule has 0 amide bonds. The Morgan fingerprint density at radius 3 is 2.93 bits per heavy atom. The normalized spacial score (nSPS) is 19.1. The van der Waals surface area contributed by atoms with Crippen LogP contribution >= 0.6 is 11.8 Å². The van der Waals surface area contributed by atoms with E-state index in [-0.39, 0.29) is 5.82 Å². The zero-order valence-electron chi connectivity index (χ0n) is 15.6. The fraction of sp³-hybridized carbons (Fsp3) is 0.304. The van der Waals surface area contributed by atoms with Crippen molar-refractivity contribution in [2.24, 2.45) is 0 Å². The minimum Gasteiger partial charge on any atom is -0.456 e. The predicted octanol–water partition coefficient (Wildman–Crippen LogP) is 3.70. The molecule has 5 heteroatoms. The Morgan fingerprint density at radius 2 is 2.04 bits per heavy atom. The van der Waals surface area contributed by atoms with Gasteiger partial charge in [-0.2, -0.15) is 0 Å². The van der Waals surface area contributed by atoms with Crippen LogP contribution in [0, 0.1) is 5.82 Å². The second-order valence-corrected chi connectivity index (χ2v) is 8.43. The molecule has 3 heterocycles. The maximum Gasteiger partial charge on any atom is 0.136 e. The summed E-state index contributed by atoms with van der Waals surface area (Å²) in [6.07, 6.45) is 12.9. The highest BCUT2D eigenvalue weighted by molar-refractivity contribution is 8.11. The molecule has 1 aliphatic carbocycles. The zero-order chi connectivity index (χ0) is 18.9. The van der Waals surface area contributed by atoms with Crippen LogP contribution in [0.15, 0.2) is 57.4 Å². The molecular formula is C23H22FNO2S. The van der Waals surface area contributed by atoms with E-state index >= 15 is 0 Å². The van der Waals surface area contributed by atoms with Crippen LogP contribution in [0.25, 0.3) is 22.0 Å². The Morgan fingerprint density at radius 1 is 1.14 bits per heavy atom.